The second-order valence-electron chi connectivity index (χ2n) is 11.1. The smallest absolute Gasteiger partial charge is 0.227 e. The molecule has 11 heteroatoms. The Morgan fingerprint density at radius 2 is 1.95 bits per heavy atom. The molecule has 4 aromatic rings. The van der Waals surface area contributed by atoms with Gasteiger partial charge in [0.2, 0.25) is 5.95 Å². The molecule has 0 unspecified atom stereocenters. The van der Waals surface area contributed by atoms with Gasteiger partial charge in [-0.3, -0.25) is 9.67 Å². The third-order valence-corrected chi connectivity index (χ3v) is 7.26. The van der Waals surface area contributed by atoms with Gasteiger partial charge in [-0.25, -0.2) is 14.4 Å². The molecule has 206 valence electrons. The normalized spacial score (nSPS) is 19.8. The molecule has 0 saturated carbocycles. The van der Waals surface area contributed by atoms with Gasteiger partial charge >= 0.3 is 0 Å². The first-order chi connectivity index (χ1) is 18.5. The van der Waals surface area contributed by atoms with Crippen molar-refractivity contribution in [3.8, 4) is 11.3 Å². The van der Waals surface area contributed by atoms with Crippen molar-refractivity contribution in [2.75, 3.05) is 37.4 Å². The fourth-order valence-electron chi connectivity index (χ4n) is 5.06. The molecule has 1 fully saturated rings. The minimum absolute atomic E-state index is 0.0313. The summed E-state index contributed by atoms with van der Waals surface area (Å²) >= 11 is 0. The molecule has 1 aliphatic rings. The Labute approximate surface area is 227 Å². The van der Waals surface area contributed by atoms with Crippen molar-refractivity contribution in [1.82, 2.24) is 34.6 Å². The van der Waals surface area contributed by atoms with Crippen molar-refractivity contribution < 1.29 is 9.50 Å². The zero-order valence-corrected chi connectivity index (χ0v) is 23.4. The highest BCUT2D eigenvalue weighted by atomic mass is 19.1. The first kappa shape index (κ1) is 26.9. The van der Waals surface area contributed by atoms with Crippen molar-refractivity contribution >= 4 is 28.4 Å². The molecule has 5 heterocycles. The maximum atomic E-state index is 14.8. The summed E-state index contributed by atoms with van der Waals surface area (Å²) in [7, 11) is 6.02. The minimum atomic E-state index is -1.72. The topological polar surface area (TPSA) is 108 Å². The van der Waals surface area contributed by atoms with Crippen LogP contribution in [0.3, 0.4) is 0 Å². The van der Waals surface area contributed by atoms with Crippen molar-refractivity contribution in [3.05, 3.63) is 48.2 Å². The number of fused-ring (bicyclic) bond motifs is 1. The van der Waals surface area contributed by atoms with Crippen LogP contribution in [0.2, 0.25) is 0 Å². The quantitative estimate of drug-likeness (QED) is 0.364. The molecule has 2 N–H and O–H groups in total. The van der Waals surface area contributed by atoms with E-state index in [4.69, 9.17) is 9.97 Å². The fraction of sp³-hybridized carbons (Fsp3) is 0.464. The number of anilines is 3. The van der Waals surface area contributed by atoms with E-state index in [0.717, 1.165) is 39.8 Å². The number of aryl methyl sites for hydroxylation is 1. The van der Waals surface area contributed by atoms with E-state index in [2.05, 4.69) is 39.1 Å². The number of hydrogen-bond acceptors (Lipinski definition) is 9. The van der Waals surface area contributed by atoms with Crippen LogP contribution in [0.5, 0.6) is 0 Å². The monoisotopic (exact) mass is 533 g/mol. The second-order valence-corrected chi connectivity index (χ2v) is 11.1. The van der Waals surface area contributed by atoms with Gasteiger partial charge in [-0.2, -0.15) is 10.1 Å². The first-order valence-corrected chi connectivity index (χ1v) is 13.2. The molecular formula is C28H36FN9O. The molecule has 0 amide bonds. The van der Waals surface area contributed by atoms with Gasteiger partial charge in [-0.1, -0.05) is 13.8 Å². The Balaban J connectivity index is 1.50. The molecule has 39 heavy (non-hydrogen) atoms. The molecular weight excluding hydrogens is 497 g/mol. The number of aliphatic hydroxyl groups is 1. The average molecular weight is 534 g/mol. The first-order valence-electron chi connectivity index (χ1n) is 13.2. The zero-order chi connectivity index (χ0) is 27.9. The number of rotatable bonds is 7. The number of nitrogens with one attached hydrogen (secondary N) is 1. The van der Waals surface area contributed by atoms with Gasteiger partial charge in [-0.05, 0) is 56.4 Å². The van der Waals surface area contributed by atoms with Gasteiger partial charge in [0.05, 0.1) is 30.2 Å². The molecule has 0 spiro atoms. The summed E-state index contributed by atoms with van der Waals surface area (Å²) in [5.74, 6) is 1.86. The van der Waals surface area contributed by atoms with Crippen molar-refractivity contribution in [3.63, 3.8) is 0 Å². The van der Waals surface area contributed by atoms with E-state index in [1.807, 2.05) is 50.5 Å². The van der Waals surface area contributed by atoms with Crippen LogP contribution < -0.4 is 10.2 Å². The lowest BCUT2D eigenvalue weighted by molar-refractivity contribution is -0.00860. The number of aromatic nitrogens is 6. The van der Waals surface area contributed by atoms with Crippen LogP contribution in [0.1, 0.15) is 44.4 Å². The van der Waals surface area contributed by atoms with Crippen LogP contribution in [-0.2, 0) is 13.6 Å². The standard InChI is InChI=1S/C28H36FN9O/c1-17(2)19-12-32-26(21-14-33-37(6)22(21)15-36(4)5)20-13-31-25(11-18(19)20)34-24-7-9-30-27(35-24)38-10-8-23(39)28(3,29)16-38/h7,9,11-14,17,23,39H,8,10,15-16H2,1-6H3,(H,30,31,34,35)/t23-,28+/m1/s1. The lowest BCUT2D eigenvalue weighted by atomic mass is 9.94. The number of halogens is 1. The summed E-state index contributed by atoms with van der Waals surface area (Å²) in [5.41, 5.74) is 2.32. The SMILES string of the molecule is CC(C)c1cnc(-c2cnn(C)c2CN(C)C)c2cnc(Nc3ccnc(N4CC[C@@H](O)[C@@](C)(F)C4)n3)cc12. The summed E-state index contributed by atoms with van der Waals surface area (Å²) in [6.07, 6.45) is 6.63. The molecule has 0 bridgehead atoms. The highest BCUT2D eigenvalue weighted by Crippen LogP contribution is 2.35. The lowest BCUT2D eigenvalue weighted by Gasteiger charge is -2.38. The molecule has 1 saturated heterocycles. The van der Waals surface area contributed by atoms with E-state index in [0.29, 0.717) is 30.5 Å². The van der Waals surface area contributed by atoms with Gasteiger partial charge < -0.3 is 20.2 Å². The summed E-state index contributed by atoms with van der Waals surface area (Å²) in [4.78, 5) is 22.4. The Bertz CT molecular complexity index is 1480. The summed E-state index contributed by atoms with van der Waals surface area (Å²) in [6, 6.07) is 3.78. The number of hydrogen-bond donors (Lipinski definition) is 2. The second kappa shape index (κ2) is 10.5. The van der Waals surface area contributed by atoms with Crippen molar-refractivity contribution in [1.29, 1.82) is 0 Å². The van der Waals surface area contributed by atoms with E-state index in [1.54, 1.807) is 17.2 Å². The van der Waals surface area contributed by atoms with Crippen LogP contribution in [0, 0.1) is 0 Å². The largest absolute Gasteiger partial charge is 0.390 e. The number of aliphatic hydroxyl groups excluding tert-OH is 1. The number of pyridine rings is 2. The van der Waals surface area contributed by atoms with Crippen LogP contribution in [0.4, 0.5) is 22.0 Å². The van der Waals surface area contributed by atoms with E-state index in [-0.39, 0.29) is 12.5 Å². The highest BCUT2D eigenvalue weighted by molar-refractivity contribution is 5.97. The van der Waals surface area contributed by atoms with Crippen LogP contribution in [0.15, 0.2) is 36.9 Å². The van der Waals surface area contributed by atoms with Gasteiger partial charge in [0, 0.05) is 49.7 Å². The molecule has 1 aliphatic heterocycles. The Morgan fingerprint density at radius 1 is 1.15 bits per heavy atom. The Hall–Kier alpha value is -3.70. The Morgan fingerprint density at radius 3 is 2.67 bits per heavy atom. The molecule has 0 aromatic carbocycles. The minimum Gasteiger partial charge on any atom is -0.390 e. The molecule has 2 atom stereocenters. The third kappa shape index (κ3) is 5.41. The van der Waals surface area contributed by atoms with E-state index >= 15 is 0 Å². The fourth-order valence-corrected chi connectivity index (χ4v) is 5.06. The summed E-state index contributed by atoms with van der Waals surface area (Å²) in [5, 5.41) is 19.8. The van der Waals surface area contributed by atoms with E-state index in [9.17, 15) is 9.50 Å². The summed E-state index contributed by atoms with van der Waals surface area (Å²) in [6.45, 7) is 6.96. The van der Waals surface area contributed by atoms with Crippen LogP contribution in [0.25, 0.3) is 22.0 Å². The van der Waals surface area contributed by atoms with Gasteiger partial charge in [-0.15, -0.1) is 0 Å². The molecule has 0 aliphatic carbocycles. The van der Waals surface area contributed by atoms with E-state index < -0.39 is 11.8 Å². The molecule has 4 aromatic heterocycles. The van der Waals surface area contributed by atoms with Gasteiger partial charge in [0.1, 0.15) is 11.6 Å². The zero-order valence-electron chi connectivity index (χ0n) is 23.4. The van der Waals surface area contributed by atoms with Crippen molar-refractivity contribution in [2.24, 2.45) is 7.05 Å². The van der Waals surface area contributed by atoms with Crippen LogP contribution >= 0.6 is 0 Å². The summed E-state index contributed by atoms with van der Waals surface area (Å²) < 4.78 is 16.6. The number of piperidine rings is 1. The molecule has 10 nitrogen and oxygen atoms in total. The van der Waals surface area contributed by atoms with E-state index in [1.165, 1.54) is 6.92 Å². The highest BCUT2D eigenvalue weighted by Gasteiger charge is 2.39. The van der Waals surface area contributed by atoms with Crippen molar-refractivity contribution in [2.45, 2.75) is 51.4 Å². The number of nitrogens with zero attached hydrogens (tertiary/aromatic N) is 8. The lowest BCUT2D eigenvalue weighted by Crippen LogP contribution is -2.52. The predicted octanol–water partition coefficient (Wildman–Crippen LogP) is 4.05. The number of alkyl halides is 1. The third-order valence-electron chi connectivity index (χ3n) is 7.26. The van der Waals surface area contributed by atoms with Crippen LogP contribution in [-0.4, -0.2) is 78.7 Å². The Kier molecular flexibility index (Phi) is 7.21. The maximum absolute atomic E-state index is 14.8. The van der Waals surface area contributed by atoms with Gasteiger partial charge in [0.15, 0.2) is 5.67 Å². The maximum Gasteiger partial charge on any atom is 0.227 e. The average Bonchev–Trinajstić information content (AvgIpc) is 3.24. The predicted molar refractivity (Wildman–Crippen MR) is 151 cm³/mol. The molecule has 5 rings (SSSR count). The molecule has 0 radical (unpaired) electrons. The van der Waals surface area contributed by atoms with Gasteiger partial charge in [0.25, 0.3) is 0 Å².